The zero-order chi connectivity index (χ0) is 15.4. The van der Waals surface area contributed by atoms with Gasteiger partial charge in [0.2, 0.25) is 0 Å². The summed E-state index contributed by atoms with van der Waals surface area (Å²) < 4.78 is 0. The number of hydrogen-bond acceptors (Lipinski definition) is 3. The molecule has 1 aliphatic carbocycles. The number of rotatable bonds is 2. The minimum absolute atomic E-state index is 0.0615. The van der Waals surface area contributed by atoms with Gasteiger partial charge in [0.1, 0.15) is 4.83 Å². The summed E-state index contributed by atoms with van der Waals surface area (Å²) >= 11 is 1.80. The monoisotopic (exact) mass is 303 g/mol. The van der Waals surface area contributed by atoms with E-state index in [1.165, 1.54) is 27.8 Å². The second-order valence-corrected chi connectivity index (χ2v) is 7.99. The SMILES string of the molecule is Cc1nc2sc3c(c2c(C(C)(C)C)c1CC(=O)O)CCC3. The van der Waals surface area contributed by atoms with Crippen molar-refractivity contribution in [1.29, 1.82) is 0 Å². The van der Waals surface area contributed by atoms with E-state index in [1.807, 2.05) is 6.92 Å². The maximum absolute atomic E-state index is 11.3. The van der Waals surface area contributed by atoms with Crippen molar-refractivity contribution in [2.24, 2.45) is 0 Å². The van der Waals surface area contributed by atoms with E-state index < -0.39 is 5.97 Å². The van der Waals surface area contributed by atoms with Crippen LogP contribution in [0.3, 0.4) is 0 Å². The molecule has 0 saturated carbocycles. The van der Waals surface area contributed by atoms with Gasteiger partial charge in [0.15, 0.2) is 0 Å². The molecule has 0 amide bonds. The maximum atomic E-state index is 11.3. The van der Waals surface area contributed by atoms with Gasteiger partial charge in [-0.3, -0.25) is 4.79 Å². The van der Waals surface area contributed by atoms with Crippen LogP contribution >= 0.6 is 11.3 Å². The summed E-state index contributed by atoms with van der Waals surface area (Å²) in [6.07, 6.45) is 3.53. The summed E-state index contributed by atoms with van der Waals surface area (Å²) in [5.74, 6) is -0.781. The van der Waals surface area contributed by atoms with E-state index in [2.05, 4.69) is 20.8 Å². The highest BCUT2D eigenvalue weighted by Crippen LogP contribution is 2.43. The lowest BCUT2D eigenvalue weighted by atomic mass is 9.80. The lowest BCUT2D eigenvalue weighted by Gasteiger charge is -2.25. The first-order valence-electron chi connectivity index (χ1n) is 7.45. The van der Waals surface area contributed by atoms with Gasteiger partial charge in [0.05, 0.1) is 6.42 Å². The van der Waals surface area contributed by atoms with Crippen molar-refractivity contribution in [2.75, 3.05) is 0 Å². The van der Waals surface area contributed by atoms with Crippen LogP contribution in [0.4, 0.5) is 0 Å². The van der Waals surface area contributed by atoms with Crippen molar-refractivity contribution >= 4 is 27.5 Å². The normalized spacial score (nSPS) is 14.7. The third kappa shape index (κ3) is 2.35. The smallest absolute Gasteiger partial charge is 0.307 e. The van der Waals surface area contributed by atoms with Gasteiger partial charge in [0.25, 0.3) is 0 Å². The average molecular weight is 303 g/mol. The van der Waals surface area contributed by atoms with Gasteiger partial charge in [-0.1, -0.05) is 20.8 Å². The fourth-order valence-corrected chi connectivity index (χ4v) is 4.79. The summed E-state index contributed by atoms with van der Waals surface area (Å²) in [6.45, 7) is 8.46. The third-order valence-corrected chi connectivity index (χ3v) is 5.42. The summed E-state index contributed by atoms with van der Waals surface area (Å²) in [4.78, 5) is 18.6. The molecule has 21 heavy (non-hydrogen) atoms. The molecule has 0 aliphatic heterocycles. The van der Waals surface area contributed by atoms with Crippen LogP contribution < -0.4 is 0 Å². The van der Waals surface area contributed by atoms with Crippen LogP contribution in [0.5, 0.6) is 0 Å². The predicted octanol–water partition coefficient (Wildman–Crippen LogP) is 4.02. The minimum atomic E-state index is -0.781. The van der Waals surface area contributed by atoms with Crippen molar-refractivity contribution in [3.8, 4) is 0 Å². The largest absolute Gasteiger partial charge is 0.481 e. The Hall–Kier alpha value is -1.42. The predicted molar refractivity (Wildman–Crippen MR) is 86.4 cm³/mol. The zero-order valence-electron chi connectivity index (χ0n) is 13.0. The average Bonchev–Trinajstić information content (AvgIpc) is 2.88. The Bertz CT molecular complexity index is 738. The van der Waals surface area contributed by atoms with Gasteiger partial charge < -0.3 is 5.11 Å². The fraction of sp³-hybridized carbons (Fsp3) is 0.529. The number of aryl methyl sites for hydroxylation is 3. The first-order chi connectivity index (χ1) is 9.79. The Kier molecular flexibility index (Phi) is 3.32. The number of thiophene rings is 1. The number of aliphatic carboxylic acids is 1. The van der Waals surface area contributed by atoms with Crippen LogP contribution in [0.1, 0.15) is 54.5 Å². The number of aromatic nitrogens is 1. The van der Waals surface area contributed by atoms with E-state index in [4.69, 9.17) is 4.98 Å². The van der Waals surface area contributed by atoms with Gasteiger partial charge in [-0.2, -0.15) is 0 Å². The van der Waals surface area contributed by atoms with Gasteiger partial charge in [-0.15, -0.1) is 11.3 Å². The number of carboxylic acid groups (broad SMARTS) is 1. The van der Waals surface area contributed by atoms with Crippen molar-refractivity contribution in [1.82, 2.24) is 4.98 Å². The molecule has 0 aromatic carbocycles. The zero-order valence-corrected chi connectivity index (χ0v) is 13.9. The van der Waals surface area contributed by atoms with Crippen molar-refractivity contribution in [3.05, 3.63) is 27.3 Å². The molecule has 0 unspecified atom stereocenters. The van der Waals surface area contributed by atoms with Crippen LogP contribution in [-0.4, -0.2) is 16.1 Å². The highest BCUT2D eigenvalue weighted by molar-refractivity contribution is 7.18. The van der Waals surface area contributed by atoms with Crippen LogP contribution in [0, 0.1) is 6.92 Å². The second-order valence-electron chi connectivity index (χ2n) is 6.91. The fourth-order valence-electron chi connectivity index (χ4n) is 3.47. The molecule has 1 aliphatic rings. The quantitative estimate of drug-likeness (QED) is 0.911. The number of carbonyl (C=O) groups is 1. The van der Waals surface area contributed by atoms with E-state index in [-0.39, 0.29) is 11.8 Å². The Morgan fingerprint density at radius 2 is 2.05 bits per heavy atom. The van der Waals surface area contributed by atoms with Gasteiger partial charge in [-0.25, -0.2) is 4.98 Å². The highest BCUT2D eigenvalue weighted by atomic mass is 32.1. The number of carboxylic acids is 1. The molecule has 0 saturated heterocycles. The van der Waals surface area contributed by atoms with E-state index in [0.29, 0.717) is 0 Å². The Morgan fingerprint density at radius 1 is 1.33 bits per heavy atom. The molecule has 1 N–H and O–H groups in total. The standard InChI is InChI=1S/C17H21NO2S/c1-9-11(8-13(19)20)15(17(2,3)4)14-10-6-5-7-12(10)21-16(14)18-9/h5-8H2,1-4H3,(H,19,20). The molecule has 0 atom stereocenters. The highest BCUT2D eigenvalue weighted by Gasteiger charge is 2.29. The molecule has 0 radical (unpaired) electrons. The number of hydrogen-bond donors (Lipinski definition) is 1. The van der Waals surface area contributed by atoms with Crippen LogP contribution in [-0.2, 0) is 29.5 Å². The van der Waals surface area contributed by atoms with Crippen LogP contribution in [0.25, 0.3) is 10.2 Å². The summed E-state index contributed by atoms with van der Waals surface area (Å²) in [7, 11) is 0. The molecule has 0 bridgehead atoms. The molecule has 3 rings (SSSR count). The van der Waals surface area contributed by atoms with Gasteiger partial charge in [-0.05, 0) is 48.3 Å². The van der Waals surface area contributed by atoms with Gasteiger partial charge in [0, 0.05) is 16.0 Å². The van der Waals surface area contributed by atoms with Crippen LogP contribution in [0.2, 0.25) is 0 Å². The van der Waals surface area contributed by atoms with Crippen molar-refractivity contribution < 1.29 is 9.90 Å². The van der Waals surface area contributed by atoms with Gasteiger partial charge >= 0.3 is 5.97 Å². The molecule has 2 aromatic heterocycles. The third-order valence-electron chi connectivity index (χ3n) is 4.24. The Balaban J connectivity index is 2.40. The molecule has 4 heteroatoms. The number of fused-ring (bicyclic) bond motifs is 3. The summed E-state index contributed by atoms with van der Waals surface area (Å²) in [6, 6.07) is 0. The first-order valence-corrected chi connectivity index (χ1v) is 8.26. The molecule has 2 aromatic rings. The van der Waals surface area contributed by atoms with E-state index in [9.17, 15) is 9.90 Å². The Morgan fingerprint density at radius 3 is 2.67 bits per heavy atom. The molecule has 2 heterocycles. The molecule has 3 nitrogen and oxygen atoms in total. The first kappa shape index (κ1) is 14.5. The molecule has 0 fully saturated rings. The molecular formula is C17H21NO2S. The summed E-state index contributed by atoms with van der Waals surface area (Å²) in [5.41, 5.74) is 4.34. The number of pyridine rings is 1. The summed E-state index contributed by atoms with van der Waals surface area (Å²) in [5, 5.41) is 10.5. The van der Waals surface area contributed by atoms with E-state index >= 15 is 0 Å². The van der Waals surface area contributed by atoms with Crippen molar-refractivity contribution in [3.63, 3.8) is 0 Å². The van der Waals surface area contributed by atoms with Crippen molar-refractivity contribution in [2.45, 2.75) is 58.8 Å². The second kappa shape index (κ2) is 4.80. The van der Waals surface area contributed by atoms with Crippen LogP contribution in [0.15, 0.2) is 0 Å². The minimum Gasteiger partial charge on any atom is -0.481 e. The molecule has 112 valence electrons. The maximum Gasteiger partial charge on any atom is 0.307 e. The number of nitrogens with zero attached hydrogens (tertiary/aromatic N) is 1. The lowest BCUT2D eigenvalue weighted by molar-refractivity contribution is -0.136. The topological polar surface area (TPSA) is 50.2 Å². The van der Waals surface area contributed by atoms with E-state index in [1.54, 1.807) is 11.3 Å². The molecular weight excluding hydrogens is 282 g/mol. The lowest BCUT2D eigenvalue weighted by Crippen LogP contribution is -2.19. The molecule has 0 spiro atoms. The Labute approximate surface area is 129 Å². The van der Waals surface area contributed by atoms with E-state index in [0.717, 1.165) is 28.9 Å².